The molecule has 0 radical (unpaired) electrons. The van der Waals surface area contributed by atoms with Crippen LogP contribution in [0, 0.1) is 0 Å². The molecule has 1 saturated heterocycles. The third-order valence-electron chi connectivity index (χ3n) is 4.35. The fraction of sp³-hybridized carbons (Fsp3) is 0.875. The molecule has 0 aromatic carbocycles. The lowest BCUT2D eigenvalue weighted by Gasteiger charge is -2.33. The van der Waals surface area contributed by atoms with E-state index < -0.39 is 0 Å². The number of carbonyl (C=O) groups is 1. The van der Waals surface area contributed by atoms with Crippen LogP contribution in [-0.4, -0.2) is 74.0 Å². The third-order valence-corrected chi connectivity index (χ3v) is 4.35. The second kappa shape index (κ2) is 8.36. The van der Waals surface area contributed by atoms with E-state index in [1.165, 1.54) is 25.9 Å². The molecule has 0 spiro atoms. The van der Waals surface area contributed by atoms with Crippen molar-refractivity contribution in [1.29, 1.82) is 0 Å². The monoisotopic (exact) mass is 309 g/mol. The summed E-state index contributed by atoms with van der Waals surface area (Å²) < 4.78 is 0. The van der Waals surface area contributed by atoms with Gasteiger partial charge in [-0.05, 0) is 32.1 Å². The Morgan fingerprint density at radius 1 is 1.23 bits per heavy atom. The number of likely N-dealkylation sites (tertiary alicyclic amines) is 1. The van der Waals surface area contributed by atoms with Crippen LogP contribution in [0.25, 0.3) is 0 Å². The minimum absolute atomic E-state index is 0.0288. The fourth-order valence-electron chi connectivity index (χ4n) is 2.73. The number of nitrogens with one attached hydrogen (secondary N) is 2. The fourth-order valence-corrected chi connectivity index (χ4v) is 2.73. The van der Waals surface area contributed by atoms with Crippen molar-refractivity contribution in [2.75, 3.05) is 40.3 Å². The zero-order valence-electron chi connectivity index (χ0n) is 14.3. The van der Waals surface area contributed by atoms with Gasteiger partial charge in [0.1, 0.15) is 6.54 Å². The standard InChI is InChI=1S/C16H31N5O/c1-4-9-17-16(18-12-15(22)20(2)3)19-13-7-10-21(11-8-13)14-5-6-14/h13-14H,4-12H2,1-3H3,(H2,17,18,19). The van der Waals surface area contributed by atoms with Gasteiger partial charge in [-0.1, -0.05) is 6.92 Å². The molecule has 1 aliphatic heterocycles. The summed E-state index contributed by atoms with van der Waals surface area (Å²) in [7, 11) is 3.52. The van der Waals surface area contributed by atoms with Gasteiger partial charge in [0.2, 0.25) is 5.91 Å². The van der Waals surface area contributed by atoms with Gasteiger partial charge in [0.15, 0.2) is 5.96 Å². The maximum atomic E-state index is 11.7. The molecule has 126 valence electrons. The Kier molecular flexibility index (Phi) is 6.49. The molecule has 0 aromatic rings. The van der Waals surface area contributed by atoms with Gasteiger partial charge in [0, 0.05) is 45.8 Å². The van der Waals surface area contributed by atoms with Gasteiger partial charge in [-0.2, -0.15) is 0 Å². The minimum atomic E-state index is 0.0288. The summed E-state index contributed by atoms with van der Waals surface area (Å²) in [6, 6.07) is 1.33. The lowest BCUT2D eigenvalue weighted by atomic mass is 10.1. The van der Waals surface area contributed by atoms with Crippen molar-refractivity contribution >= 4 is 11.9 Å². The molecule has 1 amide bonds. The Balaban J connectivity index is 1.80. The second-order valence-corrected chi connectivity index (χ2v) is 6.57. The van der Waals surface area contributed by atoms with Crippen LogP contribution in [0.15, 0.2) is 4.99 Å². The van der Waals surface area contributed by atoms with Crippen LogP contribution in [0.3, 0.4) is 0 Å². The van der Waals surface area contributed by atoms with Gasteiger partial charge >= 0.3 is 0 Å². The highest BCUT2D eigenvalue weighted by molar-refractivity contribution is 5.84. The Morgan fingerprint density at radius 3 is 2.45 bits per heavy atom. The third kappa shape index (κ3) is 5.48. The largest absolute Gasteiger partial charge is 0.356 e. The molecule has 0 bridgehead atoms. The highest BCUT2D eigenvalue weighted by atomic mass is 16.2. The molecule has 2 aliphatic rings. The quantitative estimate of drug-likeness (QED) is 0.559. The van der Waals surface area contributed by atoms with Crippen LogP contribution < -0.4 is 10.6 Å². The lowest BCUT2D eigenvalue weighted by Crippen LogP contribution is -2.49. The normalized spacial score (nSPS) is 20.8. The molecule has 6 heteroatoms. The van der Waals surface area contributed by atoms with Gasteiger partial charge in [0.05, 0.1) is 0 Å². The summed E-state index contributed by atoms with van der Waals surface area (Å²) in [6.07, 6.45) is 6.13. The SMILES string of the molecule is CCCNC(=NCC(=O)N(C)C)NC1CCN(C2CC2)CC1. The Hall–Kier alpha value is -1.30. The van der Waals surface area contributed by atoms with Crippen molar-refractivity contribution < 1.29 is 4.79 Å². The summed E-state index contributed by atoms with van der Waals surface area (Å²) >= 11 is 0. The van der Waals surface area contributed by atoms with E-state index in [9.17, 15) is 4.79 Å². The minimum Gasteiger partial charge on any atom is -0.356 e. The first-order valence-electron chi connectivity index (χ1n) is 8.59. The molecule has 2 N–H and O–H groups in total. The van der Waals surface area contributed by atoms with E-state index in [2.05, 4.69) is 27.4 Å². The predicted octanol–water partition coefficient (Wildman–Crippen LogP) is 0.647. The lowest BCUT2D eigenvalue weighted by molar-refractivity contribution is -0.127. The smallest absolute Gasteiger partial charge is 0.243 e. The molecule has 22 heavy (non-hydrogen) atoms. The van der Waals surface area contributed by atoms with Crippen molar-refractivity contribution in [2.24, 2.45) is 4.99 Å². The number of likely N-dealkylation sites (N-methyl/N-ethyl adjacent to an activating group) is 1. The zero-order valence-corrected chi connectivity index (χ0v) is 14.3. The summed E-state index contributed by atoms with van der Waals surface area (Å²) in [5.41, 5.74) is 0. The highest BCUT2D eigenvalue weighted by Gasteiger charge is 2.31. The van der Waals surface area contributed by atoms with Crippen LogP contribution in [-0.2, 0) is 4.79 Å². The van der Waals surface area contributed by atoms with Crippen molar-refractivity contribution in [1.82, 2.24) is 20.4 Å². The summed E-state index contributed by atoms with van der Waals surface area (Å²) in [4.78, 5) is 20.3. The molecule has 0 unspecified atom stereocenters. The molecule has 1 aliphatic carbocycles. The van der Waals surface area contributed by atoms with Crippen molar-refractivity contribution in [3.05, 3.63) is 0 Å². The summed E-state index contributed by atoms with van der Waals surface area (Å²) in [5, 5.41) is 6.82. The number of nitrogens with zero attached hydrogens (tertiary/aromatic N) is 3. The topological polar surface area (TPSA) is 60.0 Å². The highest BCUT2D eigenvalue weighted by Crippen LogP contribution is 2.29. The molecule has 0 aromatic heterocycles. The first-order valence-corrected chi connectivity index (χ1v) is 8.59. The van der Waals surface area contributed by atoms with E-state index in [1.54, 1.807) is 19.0 Å². The molecule has 6 nitrogen and oxygen atoms in total. The van der Waals surface area contributed by atoms with Gasteiger partial charge in [-0.25, -0.2) is 4.99 Å². The summed E-state index contributed by atoms with van der Waals surface area (Å²) in [5.74, 6) is 0.808. The van der Waals surface area contributed by atoms with Crippen molar-refractivity contribution in [3.8, 4) is 0 Å². The number of piperidine rings is 1. The number of amides is 1. The number of hydrogen-bond donors (Lipinski definition) is 2. The van der Waals surface area contributed by atoms with Crippen LogP contribution in [0.1, 0.15) is 39.0 Å². The van der Waals surface area contributed by atoms with Crippen LogP contribution in [0.4, 0.5) is 0 Å². The van der Waals surface area contributed by atoms with Crippen molar-refractivity contribution in [2.45, 2.75) is 51.1 Å². The van der Waals surface area contributed by atoms with Crippen molar-refractivity contribution in [3.63, 3.8) is 0 Å². The number of guanidine groups is 1. The van der Waals surface area contributed by atoms with Gasteiger partial charge in [-0.3, -0.25) is 4.79 Å². The molecule has 2 fully saturated rings. The second-order valence-electron chi connectivity index (χ2n) is 6.57. The Morgan fingerprint density at radius 2 is 1.91 bits per heavy atom. The van der Waals surface area contributed by atoms with E-state index in [1.807, 2.05) is 0 Å². The summed E-state index contributed by atoms with van der Waals surface area (Å²) in [6.45, 7) is 5.57. The van der Waals surface area contributed by atoms with Crippen LogP contribution in [0.2, 0.25) is 0 Å². The first kappa shape index (κ1) is 17.1. The molecular formula is C16H31N5O. The van der Waals surface area contributed by atoms with Gasteiger partial charge in [0.25, 0.3) is 0 Å². The number of hydrogen-bond acceptors (Lipinski definition) is 3. The van der Waals surface area contributed by atoms with E-state index in [0.717, 1.165) is 37.8 Å². The molecule has 0 atom stereocenters. The molecule has 2 rings (SSSR count). The Labute approximate surface area is 134 Å². The maximum Gasteiger partial charge on any atom is 0.243 e. The first-order chi connectivity index (χ1) is 10.6. The van der Waals surface area contributed by atoms with Gasteiger partial charge in [-0.15, -0.1) is 0 Å². The maximum absolute atomic E-state index is 11.7. The average molecular weight is 309 g/mol. The number of aliphatic imine (C=N–C) groups is 1. The van der Waals surface area contributed by atoms with E-state index >= 15 is 0 Å². The molecule has 1 saturated carbocycles. The molecule has 1 heterocycles. The van der Waals surface area contributed by atoms with Gasteiger partial charge < -0.3 is 20.4 Å². The van der Waals surface area contributed by atoms with E-state index in [4.69, 9.17) is 0 Å². The zero-order chi connectivity index (χ0) is 15.9. The van der Waals surface area contributed by atoms with E-state index in [0.29, 0.717) is 6.04 Å². The number of carbonyl (C=O) groups excluding carboxylic acids is 1. The number of rotatable bonds is 6. The average Bonchev–Trinajstić information content (AvgIpc) is 3.35. The van der Waals surface area contributed by atoms with Crippen LogP contribution >= 0.6 is 0 Å². The van der Waals surface area contributed by atoms with E-state index in [-0.39, 0.29) is 12.5 Å². The Bertz CT molecular complexity index is 384. The molecular weight excluding hydrogens is 278 g/mol. The predicted molar refractivity (Wildman–Crippen MR) is 90.0 cm³/mol. The van der Waals surface area contributed by atoms with Crippen LogP contribution in [0.5, 0.6) is 0 Å².